The smallest absolute Gasteiger partial charge is 0.408 e. The van der Waals surface area contributed by atoms with Crippen LogP contribution in [-0.4, -0.2) is 18.0 Å². The molecule has 0 heterocycles. The molecule has 0 radical (unpaired) electrons. The van der Waals surface area contributed by atoms with Gasteiger partial charge in [0, 0.05) is 10.0 Å². The van der Waals surface area contributed by atoms with Gasteiger partial charge in [-0.3, -0.25) is 0 Å². The number of hydrogen-bond donors (Lipinski definition) is 1. The Bertz CT molecular complexity index is 596. The summed E-state index contributed by atoms with van der Waals surface area (Å²) < 4.78 is 20.1. The molecule has 1 saturated carbocycles. The maximum absolute atomic E-state index is 14.3. The predicted octanol–water partition coefficient (Wildman–Crippen LogP) is 3.92. The molecule has 1 aliphatic carbocycles. The fourth-order valence-corrected chi connectivity index (χ4v) is 2.77. The van der Waals surface area contributed by atoms with E-state index in [1.807, 2.05) is 0 Å². The first kappa shape index (κ1) is 16.9. The lowest BCUT2D eigenvalue weighted by atomic mass is 9.86. The summed E-state index contributed by atoms with van der Waals surface area (Å²) in [5.41, 5.74) is -1.93. The second-order valence-corrected chi connectivity index (χ2v) is 7.43. The largest absolute Gasteiger partial charge is 0.444 e. The first-order chi connectivity index (χ1) is 10.2. The lowest BCUT2D eigenvalue weighted by Gasteiger charge is -2.31. The summed E-state index contributed by atoms with van der Waals surface area (Å²) in [7, 11) is 0. The Morgan fingerprint density at radius 1 is 1.41 bits per heavy atom. The van der Waals surface area contributed by atoms with Gasteiger partial charge in [0.25, 0.3) is 0 Å². The molecule has 1 aromatic carbocycles. The fraction of sp³-hybridized carbons (Fsp3) is 0.500. The van der Waals surface area contributed by atoms with Gasteiger partial charge < -0.3 is 14.8 Å². The van der Waals surface area contributed by atoms with Crippen molar-refractivity contribution in [3.8, 4) is 0 Å². The van der Waals surface area contributed by atoms with Crippen molar-refractivity contribution in [3.05, 3.63) is 34.1 Å². The van der Waals surface area contributed by atoms with Crippen LogP contribution < -0.4 is 5.32 Å². The number of carbonyl (C=O) groups is 2. The summed E-state index contributed by atoms with van der Waals surface area (Å²) in [5.74, 6) is -0.653. The molecule has 0 bridgehead atoms. The number of halogens is 2. The van der Waals surface area contributed by atoms with E-state index in [2.05, 4.69) is 21.2 Å². The topological polar surface area (TPSA) is 55.4 Å². The van der Waals surface area contributed by atoms with Crippen molar-refractivity contribution in [2.24, 2.45) is 5.92 Å². The lowest BCUT2D eigenvalue weighted by Crippen LogP contribution is -2.51. The van der Waals surface area contributed by atoms with Gasteiger partial charge in [0.1, 0.15) is 17.0 Å². The second kappa shape index (κ2) is 5.99. The summed E-state index contributed by atoms with van der Waals surface area (Å²) in [6.07, 6.45) is 1.38. The zero-order valence-electron chi connectivity index (χ0n) is 12.8. The minimum Gasteiger partial charge on any atom is -0.444 e. The van der Waals surface area contributed by atoms with Crippen LogP contribution in [0.25, 0.3) is 0 Å². The first-order valence-electron chi connectivity index (χ1n) is 7.11. The Morgan fingerprint density at radius 2 is 2.05 bits per heavy atom. The number of aldehydes is 1. The second-order valence-electron chi connectivity index (χ2n) is 6.51. The third-order valence-corrected chi connectivity index (χ3v) is 3.98. The Kier molecular flexibility index (Phi) is 4.61. The van der Waals surface area contributed by atoms with Gasteiger partial charge in [0.15, 0.2) is 6.29 Å². The zero-order valence-corrected chi connectivity index (χ0v) is 14.4. The molecule has 120 valence electrons. The lowest BCUT2D eigenvalue weighted by molar-refractivity contribution is -0.114. The van der Waals surface area contributed by atoms with Gasteiger partial charge in [0.2, 0.25) is 0 Å². The third-order valence-electron chi connectivity index (χ3n) is 3.49. The number of ether oxygens (including phenoxy) is 1. The van der Waals surface area contributed by atoms with Crippen LogP contribution in [0, 0.1) is 11.7 Å². The van der Waals surface area contributed by atoms with Crippen LogP contribution >= 0.6 is 15.9 Å². The number of rotatable bonds is 4. The highest BCUT2D eigenvalue weighted by atomic mass is 79.9. The van der Waals surface area contributed by atoms with Gasteiger partial charge in [0.05, 0.1) is 0 Å². The quantitative estimate of drug-likeness (QED) is 0.816. The molecule has 1 fully saturated rings. The van der Waals surface area contributed by atoms with Crippen LogP contribution in [0.1, 0.15) is 39.2 Å². The number of hydrogen-bond acceptors (Lipinski definition) is 3. The summed E-state index contributed by atoms with van der Waals surface area (Å²) in [4.78, 5) is 23.9. The molecule has 1 aromatic rings. The SMILES string of the molecule is CC(C)(C)OC(=O)NC(C=O)(c1cc(Br)ccc1F)C1CC1. The van der Waals surface area contributed by atoms with E-state index in [0.717, 1.165) is 12.8 Å². The molecule has 22 heavy (non-hydrogen) atoms. The molecule has 1 aliphatic rings. The molecule has 4 nitrogen and oxygen atoms in total. The maximum atomic E-state index is 14.3. The van der Waals surface area contributed by atoms with E-state index in [1.54, 1.807) is 26.8 Å². The molecule has 0 aromatic heterocycles. The predicted molar refractivity (Wildman–Crippen MR) is 83.9 cm³/mol. The number of benzene rings is 1. The van der Waals surface area contributed by atoms with Crippen molar-refractivity contribution >= 4 is 28.3 Å². The van der Waals surface area contributed by atoms with Crippen molar-refractivity contribution in [2.45, 2.75) is 44.8 Å². The molecule has 6 heteroatoms. The molecule has 0 saturated heterocycles. The van der Waals surface area contributed by atoms with Gasteiger partial charge in [-0.1, -0.05) is 15.9 Å². The summed E-state index contributed by atoms with van der Waals surface area (Å²) in [6, 6.07) is 4.35. The highest BCUT2D eigenvalue weighted by Gasteiger charge is 2.50. The number of nitrogens with one attached hydrogen (secondary N) is 1. The molecule has 2 rings (SSSR count). The first-order valence-corrected chi connectivity index (χ1v) is 7.90. The van der Waals surface area contributed by atoms with E-state index in [4.69, 9.17) is 4.74 Å². The highest BCUT2D eigenvalue weighted by Crippen LogP contribution is 2.46. The van der Waals surface area contributed by atoms with Crippen molar-refractivity contribution in [2.75, 3.05) is 0 Å². The summed E-state index contributed by atoms with van der Waals surface area (Å²) in [5, 5.41) is 2.59. The number of carbonyl (C=O) groups excluding carboxylic acids is 2. The van der Waals surface area contributed by atoms with Crippen molar-refractivity contribution in [3.63, 3.8) is 0 Å². The minimum atomic E-state index is -1.39. The Labute approximate surface area is 137 Å². The van der Waals surface area contributed by atoms with Crippen molar-refractivity contribution in [1.82, 2.24) is 5.32 Å². The molecule has 1 unspecified atom stereocenters. The van der Waals surface area contributed by atoms with E-state index in [-0.39, 0.29) is 11.5 Å². The standard InChI is InChI=1S/C16H19BrFNO3/c1-15(2,3)22-14(21)19-16(9-20,10-4-5-10)12-8-11(17)6-7-13(12)18/h6-10H,4-5H2,1-3H3,(H,19,21). The summed E-state index contributed by atoms with van der Waals surface area (Å²) >= 11 is 3.28. The van der Waals surface area contributed by atoms with Crippen LogP contribution in [0.3, 0.4) is 0 Å². The van der Waals surface area contributed by atoms with E-state index < -0.39 is 23.1 Å². The Morgan fingerprint density at radius 3 is 2.55 bits per heavy atom. The maximum Gasteiger partial charge on any atom is 0.408 e. The molecule has 1 atom stereocenters. The van der Waals surface area contributed by atoms with Crippen LogP contribution in [0.4, 0.5) is 9.18 Å². The van der Waals surface area contributed by atoms with Crippen LogP contribution in [0.2, 0.25) is 0 Å². The minimum absolute atomic E-state index is 0.124. The Balaban J connectivity index is 2.38. The van der Waals surface area contributed by atoms with Crippen molar-refractivity contribution < 1.29 is 18.7 Å². The molecule has 0 spiro atoms. The van der Waals surface area contributed by atoms with Gasteiger partial charge in [-0.2, -0.15) is 0 Å². The van der Waals surface area contributed by atoms with Gasteiger partial charge in [-0.15, -0.1) is 0 Å². The van der Waals surface area contributed by atoms with E-state index in [0.29, 0.717) is 10.8 Å². The number of amides is 1. The Hall–Kier alpha value is -1.43. The molecule has 1 amide bonds. The van der Waals surface area contributed by atoms with E-state index in [9.17, 15) is 14.0 Å². The fourth-order valence-electron chi connectivity index (χ4n) is 2.40. The zero-order chi connectivity index (χ0) is 16.5. The normalized spacial score (nSPS) is 17.5. The van der Waals surface area contributed by atoms with E-state index >= 15 is 0 Å². The van der Waals surface area contributed by atoms with Gasteiger partial charge in [-0.05, 0) is 57.7 Å². The molecular formula is C16H19BrFNO3. The highest BCUT2D eigenvalue weighted by molar-refractivity contribution is 9.10. The molecule has 0 aliphatic heterocycles. The molecular weight excluding hydrogens is 353 g/mol. The number of alkyl carbamates (subject to hydrolysis) is 1. The average Bonchev–Trinajstić information content (AvgIpc) is 3.21. The van der Waals surface area contributed by atoms with Gasteiger partial charge in [-0.25, -0.2) is 9.18 Å². The van der Waals surface area contributed by atoms with E-state index in [1.165, 1.54) is 12.1 Å². The van der Waals surface area contributed by atoms with Crippen molar-refractivity contribution in [1.29, 1.82) is 0 Å². The van der Waals surface area contributed by atoms with Crippen LogP contribution in [-0.2, 0) is 15.1 Å². The van der Waals surface area contributed by atoms with Crippen LogP contribution in [0.5, 0.6) is 0 Å². The molecule has 1 N–H and O–H groups in total. The monoisotopic (exact) mass is 371 g/mol. The third kappa shape index (κ3) is 3.66. The van der Waals surface area contributed by atoms with Gasteiger partial charge >= 0.3 is 6.09 Å². The summed E-state index contributed by atoms with van der Waals surface area (Å²) in [6.45, 7) is 5.18. The van der Waals surface area contributed by atoms with Crippen LogP contribution in [0.15, 0.2) is 22.7 Å². The average molecular weight is 372 g/mol.